The maximum atomic E-state index is 12.5. The number of nitrogens with zero attached hydrogens (tertiary/aromatic N) is 2. The second kappa shape index (κ2) is 5.42. The van der Waals surface area contributed by atoms with Gasteiger partial charge in [-0.1, -0.05) is 18.2 Å². The molecule has 112 valence electrons. The molecule has 0 fully saturated rings. The number of nitrogens with one attached hydrogen (secondary N) is 2. The third-order valence-corrected chi connectivity index (χ3v) is 3.43. The summed E-state index contributed by atoms with van der Waals surface area (Å²) in [5.41, 5.74) is 1.59. The van der Waals surface area contributed by atoms with Crippen molar-refractivity contribution in [1.82, 2.24) is 15.0 Å². The van der Waals surface area contributed by atoms with Gasteiger partial charge in [0.1, 0.15) is 5.76 Å². The fourth-order valence-corrected chi connectivity index (χ4v) is 2.42. The lowest BCUT2D eigenvalue weighted by Crippen LogP contribution is -2.12. The molecule has 0 aliphatic rings. The average Bonchev–Trinajstić information content (AvgIpc) is 3.09. The van der Waals surface area contributed by atoms with Gasteiger partial charge in [0.2, 0.25) is 5.95 Å². The number of fused-ring (bicyclic) bond motifs is 1. The molecule has 0 saturated heterocycles. The van der Waals surface area contributed by atoms with Gasteiger partial charge in [0.05, 0.1) is 11.6 Å². The highest BCUT2D eigenvalue weighted by Gasteiger charge is 2.13. The van der Waals surface area contributed by atoms with Gasteiger partial charge in [0.15, 0.2) is 5.65 Å². The highest BCUT2D eigenvalue weighted by molar-refractivity contribution is 5.90. The summed E-state index contributed by atoms with van der Waals surface area (Å²) in [5.74, 6) is 0.950. The number of aromatic amines is 1. The van der Waals surface area contributed by atoms with Crippen LogP contribution in [0.1, 0.15) is 0 Å². The third-order valence-electron chi connectivity index (χ3n) is 3.43. The largest absolute Gasteiger partial charge is 0.464 e. The van der Waals surface area contributed by atoms with Crippen molar-refractivity contribution in [3.8, 4) is 11.3 Å². The Labute approximate surface area is 130 Å². The van der Waals surface area contributed by atoms with Crippen molar-refractivity contribution in [1.29, 1.82) is 0 Å². The lowest BCUT2D eigenvalue weighted by Gasteiger charge is -2.07. The molecule has 0 spiro atoms. The summed E-state index contributed by atoms with van der Waals surface area (Å²) in [6.45, 7) is 0. The van der Waals surface area contributed by atoms with E-state index in [4.69, 9.17) is 4.42 Å². The molecule has 3 aromatic heterocycles. The number of para-hydroxylation sites is 1. The quantitative estimate of drug-likeness (QED) is 0.606. The van der Waals surface area contributed by atoms with E-state index in [2.05, 4.69) is 20.3 Å². The van der Waals surface area contributed by atoms with Crippen molar-refractivity contribution in [3.05, 3.63) is 71.3 Å². The molecule has 0 amide bonds. The second-order valence-corrected chi connectivity index (χ2v) is 4.94. The number of pyridine rings is 1. The monoisotopic (exact) mass is 304 g/mol. The zero-order valence-corrected chi connectivity index (χ0v) is 12.0. The van der Waals surface area contributed by atoms with Gasteiger partial charge in [0, 0.05) is 17.4 Å². The van der Waals surface area contributed by atoms with Crippen LogP contribution in [0.25, 0.3) is 22.4 Å². The highest BCUT2D eigenvalue weighted by Crippen LogP contribution is 2.25. The molecule has 0 bridgehead atoms. The van der Waals surface area contributed by atoms with Crippen molar-refractivity contribution >= 4 is 22.7 Å². The molecule has 6 heteroatoms. The number of furan rings is 1. The minimum absolute atomic E-state index is 0.270. The summed E-state index contributed by atoms with van der Waals surface area (Å²) in [4.78, 5) is 23.8. The van der Waals surface area contributed by atoms with Crippen LogP contribution in [0.2, 0.25) is 0 Å². The Morgan fingerprint density at radius 2 is 1.91 bits per heavy atom. The molecule has 0 aliphatic carbocycles. The van der Waals surface area contributed by atoms with Crippen LogP contribution < -0.4 is 10.9 Å². The normalized spacial score (nSPS) is 10.8. The van der Waals surface area contributed by atoms with Crippen LogP contribution in [0.3, 0.4) is 0 Å². The Hall–Kier alpha value is -3.41. The van der Waals surface area contributed by atoms with Gasteiger partial charge in [0.25, 0.3) is 5.56 Å². The summed E-state index contributed by atoms with van der Waals surface area (Å²) in [7, 11) is 0. The zero-order chi connectivity index (χ0) is 15.6. The molecule has 0 aliphatic heterocycles. The van der Waals surface area contributed by atoms with Crippen LogP contribution in [-0.4, -0.2) is 15.0 Å². The van der Waals surface area contributed by atoms with Crippen molar-refractivity contribution in [3.63, 3.8) is 0 Å². The summed E-state index contributed by atoms with van der Waals surface area (Å²) in [6.07, 6.45) is 3.17. The predicted octanol–water partition coefficient (Wildman–Crippen LogP) is 3.32. The Morgan fingerprint density at radius 3 is 2.70 bits per heavy atom. The van der Waals surface area contributed by atoms with Crippen LogP contribution in [0.5, 0.6) is 0 Å². The fourth-order valence-electron chi connectivity index (χ4n) is 2.42. The number of benzene rings is 1. The molecule has 0 radical (unpaired) electrons. The van der Waals surface area contributed by atoms with E-state index in [9.17, 15) is 4.79 Å². The third kappa shape index (κ3) is 2.46. The molecule has 0 atom stereocenters. The smallest absolute Gasteiger partial charge is 0.262 e. The topological polar surface area (TPSA) is 83.8 Å². The molecular weight excluding hydrogens is 292 g/mol. The van der Waals surface area contributed by atoms with Gasteiger partial charge in [-0.15, -0.1) is 0 Å². The first-order chi connectivity index (χ1) is 11.3. The summed E-state index contributed by atoms with van der Waals surface area (Å²) in [6, 6.07) is 14.8. The first kappa shape index (κ1) is 13.3. The van der Waals surface area contributed by atoms with E-state index in [1.165, 1.54) is 0 Å². The lowest BCUT2D eigenvalue weighted by molar-refractivity contribution is 0.583. The SMILES string of the molecule is O=c1[nH]c(Nc2ccccc2)nc2nccc(-c3ccco3)c12. The van der Waals surface area contributed by atoms with Gasteiger partial charge in [-0.25, -0.2) is 4.98 Å². The number of hydrogen-bond donors (Lipinski definition) is 2. The summed E-state index contributed by atoms with van der Waals surface area (Å²) < 4.78 is 5.38. The van der Waals surface area contributed by atoms with Gasteiger partial charge in [-0.3, -0.25) is 9.78 Å². The fraction of sp³-hybridized carbons (Fsp3) is 0. The van der Waals surface area contributed by atoms with Gasteiger partial charge >= 0.3 is 0 Å². The molecular formula is C17H12N4O2. The zero-order valence-electron chi connectivity index (χ0n) is 12.0. The van der Waals surface area contributed by atoms with E-state index in [-0.39, 0.29) is 5.56 Å². The van der Waals surface area contributed by atoms with E-state index < -0.39 is 0 Å². The Balaban J connectivity index is 1.85. The number of H-pyrrole nitrogens is 1. The maximum Gasteiger partial charge on any atom is 0.262 e. The molecule has 4 rings (SSSR count). The van der Waals surface area contributed by atoms with Crippen molar-refractivity contribution < 1.29 is 4.42 Å². The van der Waals surface area contributed by atoms with Crippen LogP contribution >= 0.6 is 0 Å². The lowest BCUT2D eigenvalue weighted by atomic mass is 10.1. The Kier molecular flexibility index (Phi) is 3.12. The van der Waals surface area contributed by atoms with Crippen molar-refractivity contribution in [2.24, 2.45) is 0 Å². The number of rotatable bonds is 3. The van der Waals surface area contributed by atoms with Gasteiger partial charge in [-0.2, -0.15) is 4.98 Å². The van der Waals surface area contributed by atoms with Gasteiger partial charge in [-0.05, 0) is 30.3 Å². The summed E-state index contributed by atoms with van der Waals surface area (Å²) in [5, 5.41) is 3.46. The highest BCUT2D eigenvalue weighted by atomic mass is 16.3. The first-order valence-electron chi connectivity index (χ1n) is 7.06. The summed E-state index contributed by atoms with van der Waals surface area (Å²) >= 11 is 0. The minimum atomic E-state index is -0.270. The minimum Gasteiger partial charge on any atom is -0.464 e. The number of hydrogen-bond acceptors (Lipinski definition) is 5. The Bertz CT molecular complexity index is 1010. The molecule has 6 nitrogen and oxygen atoms in total. The van der Waals surface area contributed by atoms with Crippen LogP contribution in [0.15, 0.2) is 70.2 Å². The standard InChI is InChI=1S/C17H12N4O2/c22-16-14-12(13-7-4-10-23-13)8-9-18-15(14)20-17(21-16)19-11-5-2-1-3-6-11/h1-10H,(H2,18,19,20,21,22). The van der Waals surface area contributed by atoms with E-state index in [1.54, 1.807) is 30.7 Å². The average molecular weight is 304 g/mol. The molecule has 1 aromatic carbocycles. The maximum absolute atomic E-state index is 12.5. The van der Waals surface area contributed by atoms with E-state index in [0.29, 0.717) is 28.3 Å². The first-order valence-corrected chi connectivity index (χ1v) is 7.06. The van der Waals surface area contributed by atoms with Crippen molar-refractivity contribution in [2.75, 3.05) is 5.32 Å². The second-order valence-electron chi connectivity index (χ2n) is 4.94. The van der Waals surface area contributed by atoms with E-state index in [1.807, 2.05) is 30.3 Å². The molecule has 23 heavy (non-hydrogen) atoms. The molecule has 0 saturated carbocycles. The van der Waals surface area contributed by atoms with Gasteiger partial charge < -0.3 is 9.73 Å². The predicted molar refractivity (Wildman–Crippen MR) is 87.6 cm³/mol. The van der Waals surface area contributed by atoms with Crippen LogP contribution in [0, 0.1) is 0 Å². The number of anilines is 2. The molecule has 4 aromatic rings. The molecule has 2 N–H and O–H groups in total. The van der Waals surface area contributed by atoms with Crippen LogP contribution in [0.4, 0.5) is 11.6 Å². The van der Waals surface area contributed by atoms with Crippen LogP contribution in [-0.2, 0) is 0 Å². The van der Waals surface area contributed by atoms with Crippen molar-refractivity contribution in [2.45, 2.75) is 0 Å². The molecule has 0 unspecified atom stereocenters. The molecule has 3 heterocycles. The Morgan fingerprint density at radius 1 is 1.04 bits per heavy atom. The van der Waals surface area contributed by atoms with E-state index in [0.717, 1.165) is 5.69 Å². The number of aromatic nitrogens is 3. The van der Waals surface area contributed by atoms with E-state index >= 15 is 0 Å².